The lowest BCUT2D eigenvalue weighted by Gasteiger charge is -2.28. The van der Waals surface area contributed by atoms with Gasteiger partial charge in [0.15, 0.2) is 0 Å². The molecule has 0 saturated heterocycles. The van der Waals surface area contributed by atoms with Crippen LogP contribution in [0.1, 0.15) is 181 Å². The number of phenolic OH excluding ortho intramolecular Hbond substituents is 2. The summed E-state index contributed by atoms with van der Waals surface area (Å²) < 4.78 is 0. The Morgan fingerprint density at radius 2 is 0.700 bits per heavy atom. The van der Waals surface area contributed by atoms with Crippen LogP contribution in [0.3, 0.4) is 0 Å². The number of carbonyl (C=O) groups excluding carboxylic acids is 2. The van der Waals surface area contributed by atoms with Gasteiger partial charge in [0.05, 0.1) is 0 Å². The van der Waals surface area contributed by atoms with Crippen molar-refractivity contribution in [3.8, 4) is 11.5 Å². The van der Waals surface area contributed by atoms with E-state index in [1.807, 2.05) is 0 Å². The molecule has 0 aliphatic carbocycles. The molecule has 2 rings (SSSR count). The van der Waals surface area contributed by atoms with Gasteiger partial charge in [-0.05, 0) is 80.7 Å². The summed E-state index contributed by atoms with van der Waals surface area (Å²) in [5.41, 5.74) is 5.26. The van der Waals surface area contributed by atoms with Crippen LogP contribution in [0.25, 0.3) is 0 Å². The number of aryl methyl sites for hydroxylation is 2. The number of unbranched alkanes of at least 4 members (excludes halogenated alkanes) is 7. The molecule has 0 atom stereocenters. The molecule has 2 aromatic rings. The number of hydrogen-bond donors (Lipinski definition) is 4. The van der Waals surface area contributed by atoms with Crippen LogP contribution in [0.15, 0.2) is 24.3 Å². The maximum atomic E-state index is 12.6. The normalized spacial score (nSPS) is 12.6. The van der Waals surface area contributed by atoms with Gasteiger partial charge in [0, 0.05) is 25.9 Å². The van der Waals surface area contributed by atoms with Crippen molar-refractivity contribution in [2.45, 2.75) is 182 Å². The zero-order chi connectivity index (χ0) is 37.9. The Morgan fingerprint density at radius 3 is 0.940 bits per heavy atom. The van der Waals surface area contributed by atoms with Crippen molar-refractivity contribution in [3.05, 3.63) is 57.6 Å². The fraction of sp³-hybridized carbons (Fsp3) is 0.682. The number of aromatic hydroxyl groups is 2. The first-order chi connectivity index (χ1) is 23.0. The van der Waals surface area contributed by atoms with Crippen LogP contribution >= 0.6 is 0 Å². The van der Waals surface area contributed by atoms with E-state index in [-0.39, 0.29) is 33.5 Å². The van der Waals surface area contributed by atoms with Gasteiger partial charge in [-0.1, -0.05) is 146 Å². The molecular weight excluding hydrogens is 620 g/mol. The van der Waals surface area contributed by atoms with Gasteiger partial charge in [-0.15, -0.1) is 0 Å². The zero-order valence-corrected chi connectivity index (χ0v) is 33.9. The highest BCUT2D eigenvalue weighted by atomic mass is 16.3. The quantitative estimate of drug-likeness (QED) is 0.124. The number of phenols is 2. The molecule has 0 radical (unpaired) electrons. The summed E-state index contributed by atoms with van der Waals surface area (Å²) in [6.45, 7) is 26.8. The second-order valence-electron chi connectivity index (χ2n) is 18.6. The van der Waals surface area contributed by atoms with Crippen LogP contribution in [0.4, 0.5) is 0 Å². The number of carbonyl (C=O) groups is 2. The summed E-state index contributed by atoms with van der Waals surface area (Å²) in [6.07, 6.45) is 11.2. The van der Waals surface area contributed by atoms with Crippen molar-refractivity contribution in [1.82, 2.24) is 10.6 Å². The van der Waals surface area contributed by atoms with Gasteiger partial charge in [0.25, 0.3) is 0 Å². The van der Waals surface area contributed by atoms with Crippen molar-refractivity contribution < 1.29 is 19.8 Å². The highest BCUT2D eigenvalue weighted by molar-refractivity contribution is 5.76. The van der Waals surface area contributed by atoms with Gasteiger partial charge in [0.2, 0.25) is 11.8 Å². The molecule has 50 heavy (non-hydrogen) atoms. The lowest BCUT2D eigenvalue weighted by molar-refractivity contribution is -0.121. The fourth-order valence-corrected chi connectivity index (χ4v) is 6.42. The molecule has 2 amide bonds. The third-order valence-electron chi connectivity index (χ3n) is 9.60. The standard InChI is InChI=1S/C44H72N2O4/c1-41(2,3)33-27-31(28-34(39(33)49)42(4,5)6)21-23-37(47)45-25-19-17-15-13-14-16-18-20-26-46-38(48)24-22-32-29-35(43(7,8)9)40(50)36(30-32)44(10,11)12/h27-30,49-50H,13-26H2,1-12H3,(H,45,47)(H,46,48). The number of hydrogen-bond acceptors (Lipinski definition) is 4. The summed E-state index contributed by atoms with van der Waals surface area (Å²) in [5.74, 6) is 0.935. The van der Waals surface area contributed by atoms with Crippen LogP contribution in [0.5, 0.6) is 11.5 Å². The Hall–Kier alpha value is -3.02. The molecule has 0 aliphatic rings. The minimum absolute atomic E-state index is 0.0875. The minimum atomic E-state index is -0.175. The Morgan fingerprint density at radius 1 is 0.460 bits per heavy atom. The fourth-order valence-electron chi connectivity index (χ4n) is 6.42. The lowest BCUT2D eigenvalue weighted by atomic mass is 9.78. The second-order valence-corrected chi connectivity index (χ2v) is 18.6. The van der Waals surface area contributed by atoms with Gasteiger partial charge in [0.1, 0.15) is 11.5 Å². The van der Waals surface area contributed by atoms with Crippen LogP contribution in [0.2, 0.25) is 0 Å². The van der Waals surface area contributed by atoms with Gasteiger partial charge >= 0.3 is 0 Å². The van der Waals surface area contributed by atoms with E-state index in [4.69, 9.17) is 0 Å². The van der Waals surface area contributed by atoms with Crippen molar-refractivity contribution in [3.63, 3.8) is 0 Å². The van der Waals surface area contributed by atoms with Crippen LogP contribution in [0, 0.1) is 0 Å². The molecule has 0 aromatic heterocycles. The van der Waals surface area contributed by atoms with Gasteiger partial charge < -0.3 is 20.8 Å². The van der Waals surface area contributed by atoms with E-state index in [9.17, 15) is 19.8 Å². The topological polar surface area (TPSA) is 98.7 Å². The predicted molar refractivity (Wildman–Crippen MR) is 211 cm³/mol. The summed E-state index contributed by atoms with van der Waals surface area (Å²) in [7, 11) is 0. The molecule has 282 valence electrons. The predicted octanol–water partition coefficient (Wildman–Crippen LogP) is 10.2. The van der Waals surface area contributed by atoms with E-state index < -0.39 is 0 Å². The average Bonchev–Trinajstić information content (AvgIpc) is 2.98. The third-order valence-corrected chi connectivity index (χ3v) is 9.60. The van der Waals surface area contributed by atoms with Gasteiger partial charge in [-0.25, -0.2) is 0 Å². The van der Waals surface area contributed by atoms with Crippen LogP contribution in [-0.4, -0.2) is 35.1 Å². The molecule has 0 unspecified atom stereocenters. The number of nitrogens with one attached hydrogen (secondary N) is 2. The SMILES string of the molecule is CC(C)(C)c1cc(CCC(=O)NCCCCCCCCCCNC(=O)CCc2cc(C(C)(C)C)c(O)c(C(C)(C)C)c2)cc(C(C)(C)C)c1O. The molecule has 0 aliphatic heterocycles. The molecule has 0 fully saturated rings. The van der Waals surface area contributed by atoms with Crippen molar-refractivity contribution in [2.24, 2.45) is 0 Å². The minimum Gasteiger partial charge on any atom is -0.507 e. The smallest absolute Gasteiger partial charge is 0.220 e. The van der Waals surface area contributed by atoms with E-state index in [1.165, 1.54) is 25.7 Å². The Kier molecular flexibility index (Phi) is 15.9. The van der Waals surface area contributed by atoms with Crippen molar-refractivity contribution in [2.75, 3.05) is 13.1 Å². The summed E-state index contributed by atoms with van der Waals surface area (Å²) >= 11 is 0. The Labute approximate surface area is 305 Å². The van der Waals surface area contributed by atoms with Crippen molar-refractivity contribution >= 4 is 11.8 Å². The average molecular weight is 693 g/mol. The van der Waals surface area contributed by atoms with Gasteiger partial charge in [-0.2, -0.15) is 0 Å². The highest BCUT2D eigenvalue weighted by Crippen LogP contribution is 2.41. The number of amides is 2. The molecule has 0 spiro atoms. The van der Waals surface area contributed by atoms with Crippen LogP contribution in [-0.2, 0) is 44.1 Å². The first kappa shape index (κ1) is 43.1. The maximum absolute atomic E-state index is 12.6. The molecule has 4 N–H and O–H groups in total. The zero-order valence-electron chi connectivity index (χ0n) is 33.9. The molecule has 0 bridgehead atoms. The van der Waals surface area contributed by atoms with Crippen molar-refractivity contribution in [1.29, 1.82) is 0 Å². The number of benzene rings is 2. The van der Waals surface area contributed by atoms with E-state index >= 15 is 0 Å². The molecule has 6 nitrogen and oxygen atoms in total. The third kappa shape index (κ3) is 14.3. The first-order valence-corrected chi connectivity index (χ1v) is 19.3. The van der Waals surface area contributed by atoms with E-state index in [0.29, 0.717) is 37.2 Å². The first-order valence-electron chi connectivity index (χ1n) is 19.3. The van der Waals surface area contributed by atoms with Crippen LogP contribution < -0.4 is 10.6 Å². The maximum Gasteiger partial charge on any atom is 0.220 e. The summed E-state index contributed by atoms with van der Waals surface area (Å²) in [6, 6.07) is 8.27. The second kappa shape index (κ2) is 18.5. The molecule has 2 aromatic carbocycles. The van der Waals surface area contributed by atoms with E-state index in [1.54, 1.807) is 0 Å². The Bertz CT molecular complexity index is 1220. The Balaban J connectivity index is 1.58. The van der Waals surface area contributed by atoms with E-state index in [2.05, 4.69) is 118 Å². The highest BCUT2D eigenvalue weighted by Gasteiger charge is 2.28. The largest absolute Gasteiger partial charge is 0.507 e. The number of rotatable bonds is 17. The molecule has 0 heterocycles. The summed E-state index contributed by atoms with van der Waals surface area (Å²) in [5, 5.41) is 28.1. The molecular formula is C44H72N2O4. The molecule has 6 heteroatoms. The van der Waals surface area contributed by atoms with Gasteiger partial charge in [-0.3, -0.25) is 9.59 Å². The monoisotopic (exact) mass is 693 g/mol. The molecule has 0 saturated carbocycles. The lowest BCUT2D eigenvalue weighted by Crippen LogP contribution is -2.25. The van der Waals surface area contributed by atoms with E-state index in [0.717, 1.165) is 72.2 Å². The summed E-state index contributed by atoms with van der Waals surface area (Å²) in [4.78, 5) is 25.1.